The molecule has 1 aliphatic heterocycles. The lowest BCUT2D eigenvalue weighted by Crippen LogP contribution is -2.38. The molecule has 2 aromatic carbocycles. The molecule has 1 fully saturated rings. The van der Waals surface area contributed by atoms with Crippen molar-refractivity contribution < 1.29 is 24.2 Å². The number of aliphatic hydroxyl groups is 1. The number of ether oxygens (including phenoxy) is 2. The quantitative estimate of drug-likeness (QED) is 0.347. The monoisotopic (exact) mass is 401 g/mol. The number of hydrogen-bond acceptors (Lipinski definition) is 5. The maximum absolute atomic E-state index is 12.8. The Balaban J connectivity index is 2.18. The standard InChI is InChI=1S/C21H20ClNO5/c1-27-16(28-2)12-23-18(14-10-6-7-11-15(14)22)17(20(25)21(23)26)19(24)13-8-4-3-5-9-13/h3-11,16,18,24H,12H2,1-2H3/b19-17+. The van der Waals surface area contributed by atoms with Crippen LogP contribution in [-0.4, -0.2) is 48.8 Å². The van der Waals surface area contributed by atoms with Gasteiger partial charge in [0.25, 0.3) is 11.7 Å². The van der Waals surface area contributed by atoms with Gasteiger partial charge in [0, 0.05) is 24.8 Å². The number of amides is 1. The predicted octanol–water partition coefficient (Wildman–Crippen LogP) is 3.38. The summed E-state index contributed by atoms with van der Waals surface area (Å²) in [5, 5.41) is 11.3. The number of methoxy groups -OCH3 is 2. The molecule has 28 heavy (non-hydrogen) atoms. The Bertz CT molecular complexity index is 908. The molecular formula is C21H20ClNO5. The highest BCUT2D eigenvalue weighted by Gasteiger charge is 2.47. The number of carbonyl (C=O) groups is 2. The molecule has 1 N–H and O–H groups in total. The number of halogens is 1. The summed E-state index contributed by atoms with van der Waals surface area (Å²) in [4.78, 5) is 27.0. The van der Waals surface area contributed by atoms with Gasteiger partial charge in [-0.1, -0.05) is 60.1 Å². The highest BCUT2D eigenvalue weighted by Crippen LogP contribution is 2.41. The minimum atomic E-state index is -0.860. The van der Waals surface area contributed by atoms with Crippen LogP contribution in [0.4, 0.5) is 0 Å². The van der Waals surface area contributed by atoms with E-state index in [0.29, 0.717) is 16.1 Å². The van der Waals surface area contributed by atoms with E-state index < -0.39 is 24.0 Å². The first-order chi connectivity index (χ1) is 13.5. The maximum atomic E-state index is 12.8. The van der Waals surface area contributed by atoms with Crippen LogP contribution in [0.25, 0.3) is 5.76 Å². The summed E-state index contributed by atoms with van der Waals surface area (Å²) in [6, 6.07) is 14.6. The van der Waals surface area contributed by atoms with Gasteiger partial charge in [0.1, 0.15) is 5.76 Å². The van der Waals surface area contributed by atoms with E-state index in [9.17, 15) is 14.7 Å². The number of benzene rings is 2. The van der Waals surface area contributed by atoms with Gasteiger partial charge in [0.15, 0.2) is 6.29 Å². The van der Waals surface area contributed by atoms with E-state index in [0.717, 1.165) is 0 Å². The molecule has 1 atom stereocenters. The summed E-state index contributed by atoms with van der Waals surface area (Å²) in [5.74, 6) is -1.78. The van der Waals surface area contributed by atoms with Gasteiger partial charge in [-0.3, -0.25) is 9.59 Å². The number of nitrogens with zero attached hydrogens (tertiary/aromatic N) is 1. The van der Waals surface area contributed by atoms with Crippen LogP contribution in [0.3, 0.4) is 0 Å². The van der Waals surface area contributed by atoms with Gasteiger partial charge in [-0.05, 0) is 11.6 Å². The first-order valence-corrected chi connectivity index (χ1v) is 9.01. The molecule has 6 nitrogen and oxygen atoms in total. The molecule has 0 aliphatic carbocycles. The van der Waals surface area contributed by atoms with E-state index in [-0.39, 0.29) is 17.9 Å². The first-order valence-electron chi connectivity index (χ1n) is 8.63. The normalized spacial score (nSPS) is 18.9. The highest BCUT2D eigenvalue weighted by molar-refractivity contribution is 6.47. The van der Waals surface area contributed by atoms with E-state index in [1.54, 1.807) is 54.6 Å². The molecule has 0 bridgehead atoms. The third kappa shape index (κ3) is 3.67. The molecule has 7 heteroatoms. The number of Topliss-reactive ketones (excluding diaryl/α,β-unsaturated/α-hetero) is 1. The zero-order valence-electron chi connectivity index (χ0n) is 15.5. The van der Waals surface area contributed by atoms with Crippen molar-refractivity contribution >= 4 is 29.1 Å². The first kappa shape index (κ1) is 20.1. The number of likely N-dealkylation sites (tertiary alicyclic amines) is 1. The molecule has 0 spiro atoms. The fraction of sp³-hybridized carbons (Fsp3) is 0.238. The third-order valence-electron chi connectivity index (χ3n) is 4.66. The van der Waals surface area contributed by atoms with Crippen molar-refractivity contribution in [2.45, 2.75) is 12.3 Å². The SMILES string of the molecule is COC(CN1C(=O)C(=O)/C(=C(/O)c2ccccc2)C1c1ccccc1Cl)OC. The average molecular weight is 402 g/mol. The molecule has 3 rings (SSSR count). The second-order valence-corrected chi connectivity index (χ2v) is 6.65. The van der Waals surface area contributed by atoms with Gasteiger partial charge >= 0.3 is 0 Å². The van der Waals surface area contributed by atoms with Crippen LogP contribution >= 0.6 is 11.6 Å². The average Bonchev–Trinajstić information content (AvgIpc) is 2.97. The predicted molar refractivity (Wildman–Crippen MR) is 105 cm³/mol. The van der Waals surface area contributed by atoms with Crippen molar-refractivity contribution in [3.8, 4) is 0 Å². The molecule has 0 aromatic heterocycles. The minimum Gasteiger partial charge on any atom is -0.507 e. The van der Waals surface area contributed by atoms with Crippen LogP contribution in [0.2, 0.25) is 5.02 Å². The Morgan fingerprint density at radius 2 is 1.68 bits per heavy atom. The molecule has 0 radical (unpaired) electrons. The summed E-state index contributed by atoms with van der Waals surface area (Å²) < 4.78 is 10.4. The number of carbonyl (C=O) groups excluding carboxylic acids is 2. The topological polar surface area (TPSA) is 76.1 Å². The smallest absolute Gasteiger partial charge is 0.295 e. The fourth-order valence-electron chi connectivity index (χ4n) is 3.25. The van der Waals surface area contributed by atoms with Crippen LogP contribution in [0.5, 0.6) is 0 Å². The number of aliphatic hydroxyl groups excluding tert-OH is 1. The van der Waals surface area contributed by atoms with Gasteiger partial charge in [-0.15, -0.1) is 0 Å². The molecule has 146 valence electrons. The van der Waals surface area contributed by atoms with Crippen molar-refractivity contribution in [1.29, 1.82) is 0 Å². The van der Waals surface area contributed by atoms with Crippen LogP contribution < -0.4 is 0 Å². The minimum absolute atomic E-state index is 0.000959. The summed E-state index contributed by atoms with van der Waals surface area (Å²) in [6.07, 6.45) is -0.736. The highest BCUT2D eigenvalue weighted by atomic mass is 35.5. The Morgan fingerprint density at radius 3 is 2.29 bits per heavy atom. The zero-order valence-corrected chi connectivity index (χ0v) is 16.2. The Kier molecular flexibility index (Phi) is 6.14. The third-order valence-corrected chi connectivity index (χ3v) is 5.00. The van der Waals surface area contributed by atoms with Crippen LogP contribution in [0.1, 0.15) is 17.2 Å². The van der Waals surface area contributed by atoms with Crippen molar-refractivity contribution in [2.24, 2.45) is 0 Å². The molecule has 1 saturated heterocycles. The summed E-state index contributed by atoms with van der Waals surface area (Å²) in [6.45, 7) is -0.000959. The molecular weight excluding hydrogens is 382 g/mol. The maximum Gasteiger partial charge on any atom is 0.295 e. The van der Waals surface area contributed by atoms with Crippen molar-refractivity contribution in [2.75, 3.05) is 20.8 Å². The molecule has 2 aromatic rings. The number of hydrogen-bond donors (Lipinski definition) is 1. The van der Waals surface area contributed by atoms with Gasteiger partial charge in [-0.2, -0.15) is 0 Å². The van der Waals surface area contributed by atoms with Crippen LogP contribution in [-0.2, 0) is 19.1 Å². The molecule has 1 amide bonds. The molecule has 1 aliphatic rings. The van der Waals surface area contributed by atoms with Crippen molar-refractivity contribution in [3.63, 3.8) is 0 Å². The van der Waals surface area contributed by atoms with E-state index in [1.165, 1.54) is 19.1 Å². The summed E-state index contributed by atoms with van der Waals surface area (Å²) in [5.41, 5.74) is 0.953. The Hall–Kier alpha value is -2.67. The lowest BCUT2D eigenvalue weighted by molar-refractivity contribution is -0.149. The summed E-state index contributed by atoms with van der Waals surface area (Å²) >= 11 is 6.37. The van der Waals surface area contributed by atoms with Gasteiger partial charge in [0.05, 0.1) is 18.2 Å². The fourth-order valence-corrected chi connectivity index (χ4v) is 3.49. The van der Waals surface area contributed by atoms with Gasteiger partial charge in [-0.25, -0.2) is 0 Å². The molecule has 0 saturated carbocycles. The van der Waals surface area contributed by atoms with Crippen LogP contribution in [0, 0.1) is 0 Å². The van der Waals surface area contributed by atoms with Crippen LogP contribution in [0.15, 0.2) is 60.2 Å². The number of rotatable bonds is 6. The van der Waals surface area contributed by atoms with E-state index in [2.05, 4.69) is 0 Å². The van der Waals surface area contributed by atoms with Crippen molar-refractivity contribution in [1.82, 2.24) is 4.90 Å². The second-order valence-electron chi connectivity index (χ2n) is 6.24. The zero-order chi connectivity index (χ0) is 20.3. The van der Waals surface area contributed by atoms with Crippen molar-refractivity contribution in [3.05, 3.63) is 76.3 Å². The largest absolute Gasteiger partial charge is 0.507 e. The van der Waals surface area contributed by atoms with Gasteiger partial charge in [0.2, 0.25) is 0 Å². The lowest BCUT2D eigenvalue weighted by Gasteiger charge is -2.28. The molecule has 1 heterocycles. The lowest BCUT2D eigenvalue weighted by atomic mass is 9.95. The van der Waals surface area contributed by atoms with E-state index in [1.807, 2.05) is 0 Å². The van der Waals surface area contributed by atoms with E-state index >= 15 is 0 Å². The Labute approximate surface area is 167 Å². The Morgan fingerprint density at radius 1 is 1.07 bits per heavy atom. The van der Waals surface area contributed by atoms with E-state index in [4.69, 9.17) is 21.1 Å². The second kappa shape index (κ2) is 8.56. The summed E-state index contributed by atoms with van der Waals surface area (Å²) in [7, 11) is 2.89. The van der Waals surface area contributed by atoms with Gasteiger partial charge < -0.3 is 19.5 Å². The number of ketones is 1. The molecule has 1 unspecified atom stereocenters.